The number of amides is 1. The van der Waals surface area contributed by atoms with Crippen LogP contribution in [0.3, 0.4) is 0 Å². The fourth-order valence-electron chi connectivity index (χ4n) is 2.78. The fourth-order valence-corrected chi connectivity index (χ4v) is 2.94. The van der Waals surface area contributed by atoms with E-state index in [0.717, 1.165) is 44.1 Å². The Morgan fingerprint density at radius 3 is 2.71 bits per heavy atom. The van der Waals surface area contributed by atoms with Crippen LogP contribution in [0.4, 0.5) is 5.82 Å². The zero-order valence-corrected chi connectivity index (χ0v) is 14.5. The summed E-state index contributed by atoms with van der Waals surface area (Å²) in [5.74, 6) is 0.818. The summed E-state index contributed by atoms with van der Waals surface area (Å²) in [7, 11) is 0. The number of piperazine rings is 1. The number of aromatic amines is 1. The maximum absolute atomic E-state index is 12.0. The van der Waals surface area contributed by atoms with Gasteiger partial charge in [0.05, 0.1) is 5.02 Å². The van der Waals surface area contributed by atoms with Gasteiger partial charge in [0.1, 0.15) is 11.5 Å². The van der Waals surface area contributed by atoms with Crippen LogP contribution >= 0.6 is 11.6 Å². The molecule has 1 aliphatic rings. The third kappa shape index (κ3) is 4.07. The molecule has 0 bridgehead atoms. The molecular weight excluding hydrogens is 326 g/mol. The molecule has 2 aromatic rings. The summed E-state index contributed by atoms with van der Waals surface area (Å²) >= 11 is 5.80. The number of likely N-dealkylation sites (N-methyl/N-ethyl adjacent to an activating group) is 1. The van der Waals surface area contributed by atoms with Crippen LogP contribution in [0.1, 0.15) is 23.0 Å². The van der Waals surface area contributed by atoms with Crippen molar-refractivity contribution in [2.24, 2.45) is 0 Å². The van der Waals surface area contributed by atoms with Gasteiger partial charge in [-0.05, 0) is 24.2 Å². The van der Waals surface area contributed by atoms with Gasteiger partial charge in [0.25, 0.3) is 5.91 Å². The highest BCUT2D eigenvalue weighted by atomic mass is 35.5. The number of hydrogen-bond donors (Lipinski definition) is 2. The van der Waals surface area contributed by atoms with E-state index in [1.807, 2.05) is 18.3 Å². The molecule has 3 rings (SSSR count). The SMILES string of the molecule is CCN1CCN(c2ccc(CNC(=O)c3cc(Cl)c[nH]3)cn2)CC1. The number of carbonyl (C=O) groups is 1. The topological polar surface area (TPSA) is 64.3 Å². The summed E-state index contributed by atoms with van der Waals surface area (Å²) in [5.41, 5.74) is 1.43. The summed E-state index contributed by atoms with van der Waals surface area (Å²) in [6, 6.07) is 5.64. The molecule has 0 spiro atoms. The second kappa shape index (κ2) is 7.68. The van der Waals surface area contributed by atoms with Crippen LogP contribution in [0.2, 0.25) is 5.02 Å². The number of rotatable bonds is 5. The van der Waals surface area contributed by atoms with Crippen LogP contribution in [-0.4, -0.2) is 53.5 Å². The van der Waals surface area contributed by atoms with E-state index >= 15 is 0 Å². The van der Waals surface area contributed by atoms with Gasteiger partial charge in [-0.1, -0.05) is 24.6 Å². The van der Waals surface area contributed by atoms with E-state index in [4.69, 9.17) is 11.6 Å². The molecule has 0 atom stereocenters. The third-order valence-corrected chi connectivity index (χ3v) is 4.52. The molecule has 0 radical (unpaired) electrons. The number of nitrogens with zero attached hydrogens (tertiary/aromatic N) is 3. The molecule has 24 heavy (non-hydrogen) atoms. The lowest BCUT2D eigenvalue weighted by atomic mass is 10.2. The van der Waals surface area contributed by atoms with Gasteiger partial charge < -0.3 is 20.1 Å². The van der Waals surface area contributed by atoms with E-state index in [9.17, 15) is 4.79 Å². The highest BCUT2D eigenvalue weighted by molar-refractivity contribution is 6.30. The van der Waals surface area contributed by atoms with Crippen molar-refractivity contribution in [1.82, 2.24) is 20.2 Å². The minimum atomic E-state index is -0.179. The van der Waals surface area contributed by atoms with E-state index in [0.29, 0.717) is 17.3 Å². The monoisotopic (exact) mass is 347 g/mol. The Labute approximate surface area is 146 Å². The molecule has 0 unspecified atom stereocenters. The van der Waals surface area contributed by atoms with Crippen molar-refractivity contribution in [2.75, 3.05) is 37.6 Å². The predicted octanol–water partition coefficient (Wildman–Crippen LogP) is 2.13. The Bertz CT molecular complexity index is 677. The zero-order chi connectivity index (χ0) is 16.9. The van der Waals surface area contributed by atoms with Crippen molar-refractivity contribution in [1.29, 1.82) is 0 Å². The van der Waals surface area contributed by atoms with E-state index in [-0.39, 0.29) is 5.91 Å². The molecule has 7 heteroatoms. The van der Waals surface area contributed by atoms with Gasteiger partial charge in [-0.15, -0.1) is 0 Å². The number of nitrogens with one attached hydrogen (secondary N) is 2. The quantitative estimate of drug-likeness (QED) is 0.869. The van der Waals surface area contributed by atoms with Crippen molar-refractivity contribution in [2.45, 2.75) is 13.5 Å². The Morgan fingerprint density at radius 1 is 1.33 bits per heavy atom. The third-order valence-electron chi connectivity index (χ3n) is 4.30. The summed E-state index contributed by atoms with van der Waals surface area (Å²) in [6.07, 6.45) is 3.41. The molecule has 2 aromatic heterocycles. The maximum Gasteiger partial charge on any atom is 0.268 e. The van der Waals surface area contributed by atoms with Crippen LogP contribution in [-0.2, 0) is 6.54 Å². The van der Waals surface area contributed by atoms with E-state index in [1.54, 1.807) is 12.3 Å². The fraction of sp³-hybridized carbons (Fsp3) is 0.412. The Kier molecular flexibility index (Phi) is 5.37. The molecule has 0 saturated carbocycles. The second-order valence-corrected chi connectivity index (χ2v) is 6.30. The smallest absolute Gasteiger partial charge is 0.268 e. The predicted molar refractivity (Wildman–Crippen MR) is 95.5 cm³/mol. The highest BCUT2D eigenvalue weighted by Gasteiger charge is 2.16. The first-order valence-corrected chi connectivity index (χ1v) is 8.58. The summed E-state index contributed by atoms with van der Waals surface area (Å²) in [4.78, 5) is 24.1. The number of pyridine rings is 1. The lowest BCUT2D eigenvalue weighted by Crippen LogP contribution is -2.46. The first-order valence-electron chi connectivity index (χ1n) is 8.20. The molecule has 6 nitrogen and oxygen atoms in total. The highest BCUT2D eigenvalue weighted by Crippen LogP contribution is 2.14. The van der Waals surface area contributed by atoms with Gasteiger partial charge in [0, 0.05) is 45.1 Å². The molecular formula is C17H22ClN5O. The van der Waals surface area contributed by atoms with E-state index in [2.05, 4.69) is 32.0 Å². The zero-order valence-electron chi connectivity index (χ0n) is 13.8. The van der Waals surface area contributed by atoms with Gasteiger partial charge in [-0.3, -0.25) is 4.79 Å². The van der Waals surface area contributed by atoms with Crippen molar-refractivity contribution in [3.63, 3.8) is 0 Å². The van der Waals surface area contributed by atoms with Crippen molar-refractivity contribution >= 4 is 23.3 Å². The molecule has 1 amide bonds. The van der Waals surface area contributed by atoms with Crippen LogP contribution < -0.4 is 10.2 Å². The maximum atomic E-state index is 12.0. The van der Waals surface area contributed by atoms with Gasteiger partial charge in [0.15, 0.2) is 0 Å². The number of H-pyrrole nitrogens is 1. The summed E-state index contributed by atoms with van der Waals surface area (Å²) in [5, 5.41) is 3.37. The van der Waals surface area contributed by atoms with Gasteiger partial charge in [0.2, 0.25) is 0 Å². The Balaban J connectivity index is 1.52. The van der Waals surface area contributed by atoms with Crippen LogP contribution in [0, 0.1) is 0 Å². The van der Waals surface area contributed by atoms with Gasteiger partial charge in [-0.25, -0.2) is 4.98 Å². The molecule has 128 valence electrons. The second-order valence-electron chi connectivity index (χ2n) is 5.86. The average molecular weight is 348 g/mol. The average Bonchev–Trinajstić information content (AvgIpc) is 3.07. The minimum Gasteiger partial charge on any atom is -0.356 e. The van der Waals surface area contributed by atoms with Crippen LogP contribution in [0.15, 0.2) is 30.6 Å². The largest absolute Gasteiger partial charge is 0.356 e. The normalized spacial score (nSPS) is 15.5. The van der Waals surface area contributed by atoms with E-state index in [1.165, 1.54) is 0 Å². The van der Waals surface area contributed by atoms with Crippen molar-refractivity contribution < 1.29 is 4.79 Å². The van der Waals surface area contributed by atoms with Crippen LogP contribution in [0.25, 0.3) is 0 Å². The molecule has 0 aliphatic carbocycles. The van der Waals surface area contributed by atoms with Gasteiger partial charge in [-0.2, -0.15) is 0 Å². The Morgan fingerprint density at radius 2 is 2.12 bits per heavy atom. The Hall–Kier alpha value is -2.05. The standard InChI is InChI=1S/C17H22ClN5O/c1-2-22-5-7-23(8-6-22)16-4-3-13(10-20-16)11-21-17(24)15-9-14(18)12-19-15/h3-4,9-10,12,19H,2,5-8,11H2,1H3,(H,21,24). The van der Waals surface area contributed by atoms with Crippen molar-refractivity contribution in [3.05, 3.63) is 46.9 Å². The van der Waals surface area contributed by atoms with Crippen molar-refractivity contribution in [3.8, 4) is 0 Å². The van der Waals surface area contributed by atoms with E-state index < -0.39 is 0 Å². The lowest BCUT2D eigenvalue weighted by molar-refractivity contribution is 0.0946. The minimum absolute atomic E-state index is 0.179. The first-order chi connectivity index (χ1) is 11.7. The lowest BCUT2D eigenvalue weighted by Gasteiger charge is -2.34. The first kappa shape index (κ1) is 16.8. The number of carbonyl (C=O) groups excluding carboxylic acids is 1. The van der Waals surface area contributed by atoms with Crippen LogP contribution in [0.5, 0.6) is 0 Å². The molecule has 1 aliphatic heterocycles. The number of anilines is 1. The summed E-state index contributed by atoms with van der Waals surface area (Å²) < 4.78 is 0. The molecule has 1 saturated heterocycles. The summed E-state index contributed by atoms with van der Waals surface area (Å²) in [6.45, 7) is 7.90. The molecule has 0 aromatic carbocycles. The molecule has 2 N–H and O–H groups in total. The molecule has 3 heterocycles. The number of halogens is 1. The molecule has 1 fully saturated rings. The number of aromatic nitrogens is 2. The number of hydrogen-bond acceptors (Lipinski definition) is 4. The van der Waals surface area contributed by atoms with Gasteiger partial charge >= 0.3 is 0 Å².